The second kappa shape index (κ2) is 66.4. The van der Waals surface area contributed by atoms with E-state index in [4.69, 9.17) is 37.0 Å². The third kappa shape index (κ3) is 65.4. The van der Waals surface area contributed by atoms with E-state index in [2.05, 4.69) is 88.5 Å². The standard InChI is InChI=1S/C73H132O17P2/c1-5-9-13-17-21-25-29-32-33-36-39-42-46-50-54-58-71(76)84-63-68(89-72(77)59-55-51-47-43-37-28-24-20-16-12-8-4)65-87-91(79,80)85-61-67(74)62-86-92(81,82)88-66-69(90-73(78)60-56-52-48-44-40-35-31-27-23-19-15-11-7-3)64-83-70(75)57-53-49-45-41-38-34-30-26-22-18-14-10-6-2/h9,13,21,25-27,30-33,67-69,74H,5-8,10-12,14-20,22-24,28-29,34-66H2,1-4H3,(H,79,80)(H,81,82)/b13-9-,25-21-,30-26-,31-27-,33-32-. The molecule has 5 unspecified atom stereocenters. The Morgan fingerprint density at radius 1 is 0.315 bits per heavy atom. The van der Waals surface area contributed by atoms with Crippen LogP contribution in [0.15, 0.2) is 60.8 Å². The number of phosphoric ester groups is 2. The number of esters is 4. The highest BCUT2D eigenvalue weighted by Crippen LogP contribution is 2.45. The topological polar surface area (TPSA) is 237 Å². The van der Waals surface area contributed by atoms with Crippen molar-refractivity contribution >= 4 is 39.5 Å². The summed E-state index contributed by atoms with van der Waals surface area (Å²) in [6.07, 6.45) is 62.2. The van der Waals surface area contributed by atoms with E-state index in [0.29, 0.717) is 25.7 Å². The molecule has 0 radical (unpaired) electrons. The van der Waals surface area contributed by atoms with Gasteiger partial charge in [-0.2, -0.15) is 0 Å². The first-order valence-electron chi connectivity index (χ1n) is 36.5. The van der Waals surface area contributed by atoms with Gasteiger partial charge in [0, 0.05) is 25.7 Å². The van der Waals surface area contributed by atoms with Gasteiger partial charge in [-0.1, -0.05) is 249 Å². The molecule has 0 amide bonds. The number of aliphatic hydroxyl groups excluding tert-OH is 1. The summed E-state index contributed by atoms with van der Waals surface area (Å²) in [4.78, 5) is 72.6. The number of rotatable bonds is 69. The van der Waals surface area contributed by atoms with Gasteiger partial charge in [0.25, 0.3) is 0 Å². The van der Waals surface area contributed by atoms with Crippen molar-refractivity contribution in [3.05, 3.63) is 60.8 Å². The lowest BCUT2D eigenvalue weighted by molar-refractivity contribution is -0.161. The van der Waals surface area contributed by atoms with Crippen molar-refractivity contribution in [3.8, 4) is 0 Å². The highest BCUT2D eigenvalue weighted by molar-refractivity contribution is 7.47. The Morgan fingerprint density at radius 2 is 0.565 bits per heavy atom. The van der Waals surface area contributed by atoms with Gasteiger partial charge in [0.15, 0.2) is 12.2 Å². The van der Waals surface area contributed by atoms with E-state index in [-0.39, 0.29) is 25.7 Å². The summed E-state index contributed by atoms with van der Waals surface area (Å²) in [7, 11) is -9.93. The van der Waals surface area contributed by atoms with Crippen molar-refractivity contribution in [3.63, 3.8) is 0 Å². The molecule has 0 saturated carbocycles. The average molecular weight is 1340 g/mol. The molecule has 0 saturated heterocycles. The molecule has 0 aromatic carbocycles. The van der Waals surface area contributed by atoms with Crippen LogP contribution < -0.4 is 0 Å². The third-order valence-electron chi connectivity index (χ3n) is 15.5. The van der Waals surface area contributed by atoms with Gasteiger partial charge in [0.2, 0.25) is 0 Å². The number of hydrogen-bond donors (Lipinski definition) is 3. The SMILES string of the molecule is CC/C=C\C/C=C\C/C=C\CCCCCCCC(=O)OCC(COP(=O)(O)OCC(O)COP(=O)(O)OCC(COC(=O)CCCCCCC/C=C\CCCCCC)OC(=O)CCCCCCC/C=C\CCCCCC)OC(=O)CCCCCCCCCCCCC. The van der Waals surface area contributed by atoms with E-state index in [1.54, 1.807) is 0 Å². The summed E-state index contributed by atoms with van der Waals surface area (Å²) in [5, 5.41) is 10.6. The molecule has 0 aromatic heterocycles. The molecule has 0 bridgehead atoms. The van der Waals surface area contributed by atoms with Crippen LogP contribution in [-0.2, 0) is 65.4 Å². The number of carbonyl (C=O) groups is 4. The van der Waals surface area contributed by atoms with Gasteiger partial charge in [-0.15, -0.1) is 0 Å². The number of unbranched alkanes of at least 4 members (excludes halogenated alkanes) is 33. The molecule has 0 aliphatic rings. The van der Waals surface area contributed by atoms with E-state index in [1.165, 1.54) is 89.9 Å². The van der Waals surface area contributed by atoms with Crippen molar-refractivity contribution in [2.45, 2.75) is 341 Å². The zero-order valence-corrected chi connectivity index (χ0v) is 60.0. The zero-order valence-electron chi connectivity index (χ0n) is 58.2. The van der Waals surface area contributed by atoms with Gasteiger partial charge in [0.1, 0.15) is 19.3 Å². The summed E-state index contributed by atoms with van der Waals surface area (Å²) in [5.41, 5.74) is 0. The Kier molecular flexibility index (Phi) is 64.0. The molecule has 3 N–H and O–H groups in total. The summed E-state index contributed by atoms with van der Waals surface area (Å²) in [5.74, 6) is -2.19. The minimum absolute atomic E-state index is 0.0871. The number of hydrogen-bond acceptors (Lipinski definition) is 15. The van der Waals surface area contributed by atoms with E-state index in [0.717, 1.165) is 154 Å². The molecule has 0 aliphatic heterocycles. The largest absolute Gasteiger partial charge is 0.472 e. The van der Waals surface area contributed by atoms with Gasteiger partial charge < -0.3 is 33.8 Å². The average Bonchev–Trinajstić information content (AvgIpc) is 2.24. The lowest BCUT2D eigenvalue weighted by Crippen LogP contribution is -2.30. The van der Waals surface area contributed by atoms with Crippen LogP contribution in [0, 0.1) is 0 Å². The monoisotopic (exact) mass is 1340 g/mol. The molecule has 92 heavy (non-hydrogen) atoms. The van der Waals surface area contributed by atoms with Crippen molar-refractivity contribution < 1.29 is 80.2 Å². The van der Waals surface area contributed by atoms with Gasteiger partial charge in [0.05, 0.1) is 26.4 Å². The predicted molar refractivity (Wildman–Crippen MR) is 372 cm³/mol. The van der Waals surface area contributed by atoms with Crippen LogP contribution in [0.5, 0.6) is 0 Å². The fourth-order valence-electron chi connectivity index (χ4n) is 9.87. The molecule has 0 heterocycles. The number of ether oxygens (including phenoxy) is 4. The molecule has 19 heteroatoms. The number of aliphatic hydroxyl groups is 1. The fraction of sp³-hybridized carbons (Fsp3) is 0.808. The molecule has 0 aromatic rings. The smallest absolute Gasteiger partial charge is 0.462 e. The van der Waals surface area contributed by atoms with E-state index in [1.807, 2.05) is 0 Å². The minimum atomic E-state index is -4.97. The minimum Gasteiger partial charge on any atom is -0.462 e. The maximum atomic E-state index is 13.0. The normalized spacial score (nSPS) is 14.4. The summed E-state index contributed by atoms with van der Waals surface area (Å²) < 4.78 is 68.3. The highest BCUT2D eigenvalue weighted by Gasteiger charge is 2.30. The van der Waals surface area contributed by atoms with Crippen LogP contribution >= 0.6 is 15.6 Å². The first-order chi connectivity index (χ1) is 44.7. The second-order valence-corrected chi connectivity index (χ2v) is 27.4. The molecule has 0 aliphatic carbocycles. The van der Waals surface area contributed by atoms with Crippen molar-refractivity contribution in [2.75, 3.05) is 39.6 Å². The predicted octanol–water partition coefficient (Wildman–Crippen LogP) is 20.3. The Balaban J connectivity index is 5.31. The number of allylic oxidation sites excluding steroid dienone is 10. The highest BCUT2D eigenvalue weighted by atomic mass is 31.2. The summed E-state index contributed by atoms with van der Waals surface area (Å²) in [6, 6.07) is 0. The molecule has 5 atom stereocenters. The van der Waals surface area contributed by atoms with Crippen molar-refractivity contribution in [1.29, 1.82) is 0 Å². The Hall–Kier alpha value is -3.24. The van der Waals surface area contributed by atoms with Crippen LogP contribution in [0.25, 0.3) is 0 Å². The van der Waals surface area contributed by atoms with Crippen molar-refractivity contribution in [1.82, 2.24) is 0 Å². The summed E-state index contributed by atoms with van der Waals surface area (Å²) >= 11 is 0. The molecule has 536 valence electrons. The first-order valence-corrected chi connectivity index (χ1v) is 39.5. The maximum Gasteiger partial charge on any atom is 0.472 e. The number of phosphoric acid groups is 2. The van der Waals surface area contributed by atoms with E-state index < -0.39 is 97.5 Å². The van der Waals surface area contributed by atoms with Gasteiger partial charge in [-0.3, -0.25) is 37.3 Å². The maximum absolute atomic E-state index is 13.0. The molecular weight excluding hydrogens is 1210 g/mol. The summed E-state index contributed by atoms with van der Waals surface area (Å²) in [6.45, 7) is 4.71. The number of carbonyl (C=O) groups excluding carboxylic acids is 4. The Morgan fingerprint density at radius 3 is 0.891 bits per heavy atom. The Bertz CT molecular complexity index is 1990. The van der Waals surface area contributed by atoms with Crippen LogP contribution in [0.3, 0.4) is 0 Å². The third-order valence-corrected chi connectivity index (χ3v) is 17.4. The second-order valence-electron chi connectivity index (χ2n) is 24.5. The molecule has 0 fully saturated rings. The van der Waals surface area contributed by atoms with Gasteiger partial charge in [-0.25, -0.2) is 9.13 Å². The molecule has 17 nitrogen and oxygen atoms in total. The lowest BCUT2D eigenvalue weighted by Gasteiger charge is -2.21. The van der Waals surface area contributed by atoms with Crippen LogP contribution in [0.1, 0.15) is 323 Å². The first kappa shape index (κ1) is 88.8. The van der Waals surface area contributed by atoms with Crippen LogP contribution in [0.4, 0.5) is 0 Å². The zero-order chi connectivity index (χ0) is 67.5. The molecular formula is C73H132O17P2. The lowest BCUT2D eigenvalue weighted by atomic mass is 10.1. The quantitative estimate of drug-likeness (QED) is 0.0169. The van der Waals surface area contributed by atoms with Crippen molar-refractivity contribution in [2.24, 2.45) is 0 Å². The van der Waals surface area contributed by atoms with Crippen LogP contribution in [-0.4, -0.2) is 96.7 Å². The van der Waals surface area contributed by atoms with Crippen LogP contribution in [0.2, 0.25) is 0 Å². The molecule has 0 rings (SSSR count). The van der Waals surface area contributed by atoms with E-state index in [9.17, 15) is 43.2 Å². The van der Waals surface area contributed by atoms with Gasteiger partial charge in [-0.05, 0) is 109 Å². The Labute approximate surface area is 559 Å². The fourth-order valence-corrected chi connectivity index (χ4v) is 11.5. The molecule has 0 spiro atoms. The van der Waals surface area contributed by atoms with Gasteiger partial charge >= 0.3 is 39.5 Å². The van der Waals surface area contributed by atoms with E-state index >= 15 is 0 Å².